The highest BCUT2D eigenvalue weighted by Crippen LogP contribution is 2.47. The zero-order valence-electron chi connectivity index (χ0n) is 17.9. The lowest BCUT2D eigenvalue weighted by Crippen LogP contribution is -2.31. The van der Waals surface area contributed by atoms with Gasteiger partial charge in [-0.15, -0.1) is 0 Å². The Morgan fingerprint density at radius 3 is 2.45 bits per heavy atom. The predicted octanol–water partition coefficient (Wildman–Crippen LogP) is 4.97. The summed E-state index contributed by atoms with van der Waals surface area (Å²) in [7, 11) is 4.10. The molecule has 160 valence electrons. The molecule has 2 fully saturated rings. The highest BCUT2D eigenvalue weighted by atomic mass is 19.1. The predicted molar refractivity (Wildman–Crippen MR) is 115 cm³/mol. The van der Waals surface area contributed by atoms with Gasteiger partial charge < -0.3 is 14.2 Å². The first-order chi connectivity index (χ1) is 14.9. The van der Waals surface area contributed by atoms with Crippen LogP contribution in [0.1, 0.15) is 42.2 Å². The van der Waals surface area contributed by atoms with Crippen molar-refractivity contribution in [1.29, 1.82) is 5.26 Å². The van der Waals surface area contributed by atoms with Crippen molar-refractivity contribution in [2.24, 2.45) is 0 Å². The highest BCUT2D eigenvalue weighted by molar-refractivity contribution is 6.02. The van der Waals surface area contributed by atoms with Crippen LogP contribution in [0.5, 0.6) is 0 Å². The van der Waals surface area contributed by atoms with Gasteiger partial charge in [-0.1, -0.05) is 0 Å². The average Bonchev–Trinajstić information content (AvgIpc) is 3.28. The molecular formula is C24H24F2N4O. The number of likely N-dealkylation sites (N-methyl/N-ethyl adjacent to an activating group) is 1. The molecule has 1 unspecified atom stereocenters. The van der Waals surface area contributed by atoms with Crippen molar-refractivity contribution in [2.45, 2.75) is 38.1 Å². The molecule has 7 heteroatoms. The molecule has 5 nitrogen and oxygen atoms in total. The van der Waals surface area contributed by atoms with Gasteiger partial charge in [0.1, 0.15) is 23.2 Å². The smallest absolute Gasteiger partial charge is 0.198 e. The maximum atomic E-state index is 14.2. The Morgan fingerprint density at radius 2 is 1.87 bits per heavy atom. The molecule has 1 aliphatic heterocycles. The molecule has 0 bridgehead atoms. The fraction of sp³-hybridized carbons (Fsp3) is 0.417. The van der Waals surface area contributed by atoms with E-state index >= 15 is 0 Å². The summed E-state index contributed by atoms with van der Waals surface area (Å²) in [6, 6.07) is 6.11. The molecule has 0 amide bonds. The monoisotopic (exact) mass is 422 g/mol. The van der Waals surface area contributed by atoms with Crippen LogP contribution in [-0.4, -0.2) is 43.1 Å². The van der Waals surface area contributed by atoms with Gasteiger partial charge in [-0.3, -0.25) is 0 Å². The van der Waals surface area contributed by atoms with Gasteiger partial charge in [0, 0.05) is 36.7 Å². The van der Waals surface area contributed by atoms with Crippen LogP contribution in [0.2, 0.25) is 0 Å². The second-order valence-corrected chi connectivity index (χ2v) is 8.85. The standard InChI is InChI=1S/C24H24F2N4O/c1-13-19(11-27)21-23(31-24(28-21)14-4-5-14)22(30-7-6-18(12-30)29(2)3)20(13)15-8-16(25)10-17(26)9-15/h8-10,14,18H,4-7,12H2,1-3H3. The number of nitriles is 1. The van der Waals surface area contributed by atoms with E-state index in [1.165, 1.54) is 12.1 Å². The summed E-state index contributed by atoms with van der Waals surface area (Å²) in [6.07, 6.45) is 3.02. The van der Waals surface area contributed by atoms with Gasteiger partial charge >= 0.3 is 0 Å². The first kappa shape index (κ1) is 20.0. The minimum Gasteiger partial charge on any atom is -0.438 e. The van der Waals surface area contributed by atoms with Crippen molar-refractivity contribution >= 4 is 16.8 Å². The fourth-order valence-corrected chi connectivity index (χ4v) is 4.62. The molecule has 5 rings (SSSR count). The number of benzene rings is 2. The number of aromatic nitrogens is 1. The van der Waals surface area contributed by atoms with Crippen LogP contribution in [0.4, 0.5) is 14.5 Å². The number of oxazole rings is 1. The molecule has 2 heterocycles. The molecule has 31 heavy (non-hydrogen) atoms. The van der Waals surface area contributed by atoms with E-state index in [4.69, 9.17) is 4.42 Å². The van der Waals surface area contributed by atoms with E-state index in [9.17, 15) is 14.0 Å². The Balaban J connectivity index is 1.81. The van der Waals surface area contributed by atoms with Crippen molar-refractivity contribution in [3.05, 3.63) is 46.9 Å². The van der Waals surface area contributed by atoms with E-state index in [2.05, 4.69) is 34.9 Å². The lowest BCUT2D eigenvalue weighted by atomic mass is 9.93. The van der Waals surface area contributed by atoms with E-state index in [0.29, 0.717) is 45.3 Å². The summed E-state index contributed by atoms with van der Waals surface area (Å²) in [5.41, 5.74) is 3.98. The van der Waals surface area contributed by atoms with Crippen LogP contribution in [0.15, 0.2) is 22.6 Å². The third-order valence-electron chi connectivity index (χ3n) is 6.48. The molecule has 0 radical (unpaired) electrons. The number of hydrogen-bond acceptors (Lipinski definition) is 5. The van der Waals surface area contributed by atoms with Gasteiger partial charge in [-0.2, -0.15) is 5.26 Å². The van der Waals surface area contributed by atoms with Crippen LogP contribution in [0, 0.1) is 29.9 Å². The number of nitrogens with zero attached hydrogens (tertiary/aromatic N) is 4. The Bertz CT molecular complexity index is 1200. The third kappa shape index (κ3) is 3.35. The van der Waals surface area contributed by atoms with E-state index in [1.807, 2.05) is 6.92 Å². The molecule has 3 aromatic rings. The SMILES string of the molecule is Cc1c(-c2cc(F)cc(F)c2)c(N2CCC(N(C)C)C2)c2oc(C3CC3)nc2c1C#N. The van der Waals surface area contributed by atoms with Gasteiger partial charge in [0.25, 0.3) is 0 Å². The van der Waals surface area contributed by atoms with Crippen molar-refractivity contribution < 1.29 is 13.2 Å². The fourth-order valence-electron chi connectivity index (χ4n) is 4.62. The Labute approximate surface area is 179 Å². The number of hydrogen-bond donors (Lipinski definition) is 0. The largest absolute Gasteiger partial charge is 0.438 e. The van der Waals surface area contributed by atoms with Crippen molar-refractivity contribution in [2.75, 3.05) is 32.1 Å². The van der Waals surface area contributed by atoms with E-state index in [1.54, 1.807) is 0 Å². The summed E-state index contributed by atoms with van der Waals surface area (Å²) in [5.74, 6) is -0.362. The number of halogens is 2. The molecular weight excluding hydrogens is 398 g/mol. The Morgan fingerprint density at radius 1 is 1.16 bits per heavy atom. The number of fused-ring (bicyclic) bond motifs is 1. The minimum atomic E-state index is -0.650. The van der Waals surface area contributed by atoms with Gasteiger partial charge in [0.15, 0.2) is 11.5 Å². The summed E-state index contributed by atoms with van der Waals surface area (Å²) in [6.45, 7) is 3.37. The van der Waals surface area contributed by atoms with Gasteiger partial charge in [-0.25, -0.2) is 13.8 Å². The molecule has 1 saturated heterocycles. The van der Waals surface area contributed by atoms with Crippen LogP contribution in [0.3, 0.4) is 0 Å². The Kier molecular flexibility index (Phi) is 4.71. The molecule has 1 aromatic heterocycles. The third-order valence-corrected chi connectivity index (χ3v) is 6.48. The summed E-state index contributed by atoms with van der Waals surface area (Å²) in [5, 5.41) is 9.93. The second kappa shape index (κ2) is 7.31. The average molecular weight is 422 g/mol. The first-order valence-corrected chi connectivity index (χ1v) is 10.6. The molecule has 0 spiro atoms. The molecule has 1 atom stereocenters. The van der Waals surface area contributed by atoms with Crippen LogP contribution in [-0.2, 0) is 0 Å². The Hall–Kier alpha value is -2.98. The lowest BCUT2D eigenvalue weighted by Gasteiger charge is -2.25. The van der Waals surface area contributed by atoms with Gasteiger partial charge in [-0.05, 0) is 63.5 Å². The molecule has 2 aliphatic rings. The van der Waals surface area contributed by atoms with Crippen molar-refractivity contribution in [1.82, 2.24) is 9.88 Å². The number of anilines is 1. The minimum absolute atomic E-state index is 0.287. The summed E-state index contributed by atoms with van der Waals surface area (Å²) < 4.78 is 34.6. The second-order valence-electron chi connectivity index (χ2n) is 8.85. The van der Waals surface area contributed by atoms with Crippen LogP contribution in [0.25, 0.3) is 22.2 Å². The zero-order chi connectivity index (χ0) is 21.9. The van der Waals surface area contributed by atoms with Crippen molar-refractivity contribution in [3.8, 4) is 17.2 Å². The van der Waals surface area contributed by atoms with Crippen molar-refractivity contribution in [3.63, 3.8) is 0 Å². The summed E-state index contributed by atoms with van der Waals surface area (Å²) in [4.78, 5) is 9.08. The molecule has 1 saturated carbocycles. The quantitative estimate of drug-likeness (QED) is 0.594. The van der Waals surface area contributed by atoms with E-state index < -0.39 is 11.6 Å². The zero-order valence-corrected chi connectivity index (χ0v) is 17.9. The normalized spacial score (nSPS) is 18.9. The van der Waals surface area contributed by atoms with E-state index in [-0.39, 0.29) is 5.92 Å². The maximum Gasteiger partial charge on any atom is 0.198 e. The maximum absolute atomic E-state index is 14.2. The topological polar surface area (TPSA) is 56.3 Å². The highest BCUT2D eigenvalue weighted by Gasteiger charge is 2.34. The van der Waals surface area contributed by atoms with E-state index in [0.717, 1.165) is 44.1 Å². The lowest BCUT2D eigenvalue weighted by molar-refractivity contribution is 0.315. The molecule has 1 aliphatic carbocycles. The van der Waals surface area contributed by atoms with Crippen LogP contribution < -0.4 is 4.90 Å². The first-order valence-electron chi connectivity index (χ1n) is 10.6. The summed E-state index contributed by atoms with van der Waals surface area (Å²) >= 11 is 0. The van der Waals surface area contributed by atoms with Crippen LogP contribution >= 0.6 is 0 Å². The number of rotatable bonds is 4. The molecule has 2 aromatic carbocycles. The molecule has 0 N–H and O–H groups in total. The van der Waals surface area contributed by atoms with Gasteiger partial charge in [0.05, 0.1) is 11.3 Å². The van der Waals surface area contributed by atoms with Gasteiger partial charge in [0.2, 0.25) is 0 Å².